The van der Waals surface area contributed by atoms with Crippen molar-refractivity contribution in [1.82, 2.24) is 9.38 Å². The summed E-state index contributed by atoms with van der Waals surface area (Å²) in [5.74, 6) is 0. The number of pyridine rings is 1. The Morgan fingerprint density at radius 1 is 0.612 bits per heavy atom. The zero-order valence-electron chi connectivity index (χ0n) is 26.9. The summed E-state index contributed by atoms with van der Waals surface area (Å²) in [5, 5.41) is 9.61. The lowest BCUT2D eigenvalue weighted by molar-refractivity contribution is 0.673. The summed E-state index contributed by atoms with van der Waals surface area (Å²) in [4.78, 5) is 5.18. The topological polar surface area (TPSA) is 30.4 Å². The second-order valence-electron chi connectivity index (χ2n) is 12.7. The van der Waals surface area contributed by atoms with Gasteiger partial charge >= 0.3 is 0 Å². The van der Waals surface area contributed by atoms with E-state index >= 15 is 0 Å². The second kappa shape index (κ2) is 10.5. The van der Waals surface area contributed by atoms with Gasteiger partial charge in [0.05, 0.1) is 27.9 Å². The monoisotopic (exact) mass is 626 g/mol. The van der Waals surface area contributed by atoms with Crippen LogP contribution in [0.4, 0.5) is 0 Å². The molecule has 0 aliphatic rings. The molecule has 0 bridgehead atoms. The summed E-state index contributed by atoms with van der Waals surface area (Å²) in [6.07, 6.45) is 7.94. The first-order chi connectivity index (χ1) is 24.2. The Balaban J connectivity index is 1.21. The molecule has 0 radical (unpaired) electrons. The third-order valence-corrected chi connectivity index (χ3v) is 9.98. The Hall–Kier alpha value is -6.45. The van der Waals surface area contributed by atoms with Crippen molar-refractivity contribution in [2.45, 2.75) is 6.92 Å². The highest BCUT2D eigenvalue weighted by Gasteiger charge is 2.20. The van der Waals surface area contributed by atoms with E-state index in [4.69, 9.17) is 9.40 Å². The minimum absolute atomic E-state index is 0.865. The number of hydrogen-bond donors (Lipinski definition) is 0. The highest BCUT2D eigenvalue weighted by Crippen LogP contribution is 2.44. The molecule has 0 aliphatic heterocycles. The van der Waals surface area contributed by atoms with E-state index in [1.54, 1.807) is 0 Å². The fourth-order valence-electron chi connectivity index (χ4n) is 7.87. The van der Waals surface area contributed by atoms with E-state index in [-0.39, 0.29) is 0 Å². The van der Waals surface area contributed by atoms with Crippen molar-refractivity contribution in [2.75, 3.05) is 0 Å². The maximum Gasteiger partial charge on any atom is 0.143 e. The number of furan rings is 1. The van der Waals surface area contributed by atoms with Gasteiger partial charge in [-0.1, -0.05) is 110 Å². The summed E-state index contributed by atoms with van der Waals surface area (Å²) in [5.41, 5.74) is 11.6. The number of allylic oxidation sites excluding steroid dienone is 5. The molecule has 0 saturated heterocycles. The van der Waals surface area contributed by atoms with Crippen molar-refractivity contribution in [1.29, 1.82) is 0 Å². The van der Waals surface area contributed by atoms with Gasteiger partial charge in [0.25, 0.3) is 0 Å². The van der Waals surface area contributed by atoms with Crippen molar-refractivity contribution < 1.29 is 4.42 Å². The molecule has 10 rings (SSSR count). The molecule has 0 fully saturated rings. The number of para-hydroxylation sites is 2. The summed E-state index contributed by atoms with van der Waals surface area (Å²) in [6.45, 7) is 5.97. The number of rotatable bonds is 5. The lowest BCUT2D eigenvalue weighted by Gasteiger charge is -2.11. The van der Waals surface area contributed by atoms with Gasteiger partial charge in [-0.2, -0.15) is 0 Å². The van der Waals surface area contributed by atoms with Crippen molar-refractivity contribution >= 4 is 76.4 Å². The predicted octanol–water partition coefficient (Wildman–Crippen LogP) is 12.8. The largest absolute Gasteiger partial charge is 0.455 e. The van der Waals surface area contributed by atoms with E-state index in [1.165, 1.54) is 43.5 Å². The maximum atomic E-state index is 6.70. The summed E-state index contributed by atoms with van der Waals surface area (Å²) in [7, 11) is 0. The molecule has 0 spiro atoms. The fraction of sp³-hybridized carbons (Fsp3) is 0.0217. The van der Waals surface area contributed by atoms with Gasteiger partial charge in [-0.05, 0) is 72.2 Å². The van der Waals surface area contributed by atoms with Crippen LogP contribution in [0.1, 0.15) is 12.6 Å². The standard InChI is InChI=1S/C46H30N2O/c1-3-11-29(12-4-2)40-26-31(28-13-6-5-7-14-28)27-41(47-40)30-19-24-43-39(25-30)38-23-21-36-37(46(38)49-43)22-20-35-34-17-10-16-33-32-15-8-9-18-42(32)48(44(33)34)45(35)36/h3-27H,1H2,2H3/b12-4-,29-11+. The van der Waals surface area contributed by atoms with Crippen LogP contribution in [0.15, 0.2) is 163 Å². The summed E-state index contributed by atoms with van der Waals surface area (Å²) < 4.78 is 9.15. The quantitative estimate of drug-likeness (QED) is 0.178. The van der Waals surface area contributed by atoms with Crippen LogP contribution in [0.25, 0.3) is 98.8 Å². The molecule has 0 saturated carbocycles. The van der Waals surface area contributed by atoms with E-state index < -0.39 is 0 Å². The Kier molecular flexibility index (Phi) is 5.94. The first kappa shape index (κ1) is 27.6. The molecule has 3 heteroatoms. The molecule has 0 N–H and O–H groups in total. The highest BCUT2D eigenvalue weighted by molar-refractivity contribution is 6.29. The summed E-state index contributed by atoms with van der Waals surface area (Å²) >= 11 is 0. The lowest BCUT2D eigenvalue weighted by atomic mass is 9.98. The third kappa shape index (κ3) is 3.99. The highest BCUT2D eigenvalue weighted by atomic mass is 16.3. The Morgan fingerprint density at radius 2 is 1.29 bits per heavy atom. The van der Waals surface area contributed by atoms with Crippen LogP contribution in [0, 0.1) is 0 Å². The molecule has 0 atom stereocenters. The maximum absolute atomic E-state index is 6.70. The van der Waals surface area contributed by atoms with Crippen molar-refractivity contribution in [3.63, 3.8) is 0 Å². The molecule has 4 aromatic heterocycles. The average molecular weight is 627 g/mol. The zero-order chi connectivity index (χ0) is 32.6. The van der Waals surface area contributed by atoms with Crippen LogP contribution < -0.4 is 0 Å². The second-order valence-corrected chi connectivity index (χ2v) is 12.7. The molecule has 0 aliphatic carbocycles. The summed E-state index contributed by atoms with van der Waals surface area (Å²) in [6, 6.07) is 45.7. The number of fused-ring (bicyclic) bond motifs is 12. The predicted molar refractivity (Wildman–Crippen MR) is 208 cm³/mol. The zero-order valence-corrected chi connectivity index (χ0v) is 26.9. The van der Waals surface area contributed by atoms with E-state index in [9.17, 15) is 0 Å². The van der Waals surface area contributed by atoms with Crippen LogP contribution >= 0.6 is 0 Å². The van der Waals surface area contributed by atoms with E-state index in [2.05, 4.69) is 138 Å². The van der Waals surface area contributed by atoms with Crippen molar-refractivity contribution in [3.05, 3.63) is 164 Å². The number of benzene rings is 6. The van der Waals surface area contributed by atoms with Crippen LogP contribution in [-0.4, -0.2) is 9.38 Å². The van der Waals surface area contributed by atoms with Gasteiger partial charge in [0.1, 0.15) is 11.2 Å². The smallest absolute Gasteiger partial charge is 0.143 e. The first-order valence-corrected chi connectivity index (χ1v) is 16.7. The molecule has 6 aromatic carbocycles. The van der Waals surface area contributed by atoms with E-state index in [0.29, 0.717) is 0 Å². The third-order valence-electron chi connectivity index (χ3n) is 9.98. The van der Waals surface area contributed by atoms with E-state index in [0.717, 1.165) is 61.0 Å². The normalized spacial score (nSPS) is 12.7. The Labute approximate surface area is 282 Å². The molecule has 4 heterocycles. The van der Waals surface area contributed by atoms with Gasteiger partial charge in [0.2, 0.25) is 0 Å². The van der Waals surface area contributed by atoms with Gasteiger partial charge in [-0.3, -0.25) is 0 Å². The molecular weight excluding hydrogens is 597 g/mol. The Bertz CT molecular complexity index is 3010. The Morgan fingerprint density at radius 3 is 2.08 bits per heavy atom. The molecule has 3 nitrogen and oxygen atoms in total. The number of aromatic nitrogens is 2. The number of nitrogens with zero attached hydrogens (tertiary/aromatic N) is 2. The minimum atomic E-state index is 0.865. The van der Waals surface area contributed by atoms with Crippen LogP contribution in [-0.2, 0) is 0 Å². The van der Waals surface area contributed by atoms with E-state index in [1.807, 2.05) is 31.2 Å². The van der Waals surface area contributed by atoms with Gasteiger partial charge < -0.3 is 8.82 Å². The molecular formula is C46H30N2O. The number of hydrogen-bond acceptors (Lipinski definition) is 2. The first-order valence-electron chi connectivity index (χ1n) is 16.7. The van der Waals surface area contributed by atoms with Crippen LogP contribution in [0.3, 0.4) is 0 Å². The van der Waals surface area contributed by atoms with Gasteiger partial charge in [0.15, 0.2) is 0 Å². The molecule has 10 aromatic rings. The molecule has 0 amide bonds. The van der Waals surface area contributed by atoms with Crippen molar-refractivity contribution in [3.8, 4) is 22.4 Å². The minimum Gasteiger partial charge on any atom is -0.455 e. The average Bonchev–Trinajstić information content (AvgIpc) is 3.82. The molecule has 0 unspecified atom stereocenters. The van der Waals surface area contributed by atoms with Gasteiger partial charge in [-0.25, -0.2) is 4.98 Å². The van der Waals surface area contributed by atoms with Gasteiger partial charge in [0, 0.05) is 48.7 Å². The van der Waals surface area contributed by atoms with Gasteiger partial charge in [-0.15, -0.1) is 0 Å². The van der Waals surface area contributed by atoms with Crippen molar-refractivity contribution in [2.24, 2.45) is 0 Å². The van der Waals surface area contributed by atoms with Crippen LogP contribution in [0.5, 0.6) is 0 Å². The molecule has 230 valence electrons. The fourth-order valence-corrected chi connectivity index (χ4v) is 7.87. The molecule has 49 heavy (non-hydrogen) atoms. The van der Waals surface area contributed by atoms with Crippen LogP contribution in [0.2, 0.25) is 0 Å². The SMILES string of the molecule is C=C/C=C(\C=C/C)c1cc(-c2ccccc2)cc(-c2ccc3oc4c(ccc5c4ccc4c6cccc7c8ccccc8n(c54)c76)c3c2)n1. The lowest BCUT2D eigenvalue weighted by Crippen LogP contribution is -1.93.